The molecule has 2 fully saturated rings. The molecule has 0 radical (unpaired) electrons. The van der Waals surface area contributed by atoms with Crippen molar-refractivity contribution in [1.82, 2.24) is 9.88 Å². The van der Waals surface area contributed by atoms with Crippen molar-refractivity contribution < 1.29 is 14.2 Å². The molecule has 0 aliphatic carbocycles. The van der Waals surface area contributed by atoms with Gasteiger partial charge in [-0.2, -0.15) is 0 Å². The van der Waals surface area contributed by atoms with Crippen molar-refractivity contribution in [2.45, 2.75) is 19.1 Å². The van der Waals surface area contributed by atoms with Gasteiger partial charge in [0.1, 0.15) is 11.6 Å². The topological polar surface area (TPSA) is 48.8 Å². The summed E-state index contributed by atoms with van der Waals surface area (Å²) in [6.07, 6.45) is 2.29. The Hall–Kier alpha value is -1.24. The molecule has 1 atom stereocenters. The van der Waals surface area contributed by atoms with E-state index in [2.05, 4.69) is 14.8 Å². The van der Waals surface area contributed by atoms with Gasteiger partial charge in [0.25, 0.3) is 0 Å². The first-order valence-electron chi connectivity index (χ1n) is 7.10. The Morgan fingerprint density at radius 1 is 1.35 bits per heavy atom. The average molecular weight is 281 g/mol. The number of rotatable bonds is 3. The number of aliphatic hydroxyl groups is 1. The van der Waals surface area contributed by atoms with Gasteiger partial charge >= 0.3 is 0 Å². The lowest BCUT2D eigenvalue weighted by molar-refractivity contribution is 0.0209. The molecule has 2 aliphatic rings. The third-order valence-electron chi connectivity index (χ3n) is 4.10. The molecule has 0 bridgehead atoms. The van der Waals surface area contributed by atoms with Crippen molar-refractivity contribution >= 4 is 5.82 Å². The maximum atomic E-state index is 13.2. The molecule has 0 spiro atoms. The Balaban J connectivity index is 1.70. The molecular weight excluding hydrogens is 261 g/mol. The van der Waals surface area contributed by atoms with Gasteiger partial charge in [-0.25, -0.2) is 9.37 Å². The lowest BCUT2D eigenvalue weighted by atomic mass is 10.2. The second-order valence-electron chi connectivity index (χ2n) is 5.33. The number of hydrogen-bond acceptors (Lipinski definition) is 5. The minimum absolute atomic E-state index is 0.182. The van der Waals surface area contributed by atoms with Crippen LogP contribution in [0.25, 0.3) is 0 Å². The number of morpholine rings is 1. The van der Waals surface area contributed by atoms with Gasteiger partial charge in [-0.05, 0) is 12.5 Å². The van der Waals surface area contributed by atoms with Crippen LogP contribution in [0.1, 0.15) is 12.0 Å². The van der Waals surface area contributed by atoms with Gasteiger partial charge in [-0.1, -0.05) is 0 Å². The zero-order valence-corrected chi connectivity index (χ0v) is 11.5. The lowest BCUT2D eigenvalue weighted by Gasteiger charge is -2.32. The molecule has 2 aliphatic heterocycles. The van der Waals surface area contributed by atoms with E-state index in [9.17, 15) is 9.50 Å². The van der Waals surface area contributed by atoms with Gasteiger partial charge < -0.3 is 14.7 Å². The third-order valence-corrected chi connectivity index (χ3v) is 4.10. The van der Waals surface area contributed by atoms with Crippen LogP contribution in [0.2, 0.25) is 0 Å². The summed E-state index contributed by atoms with van der Waals surface area (Å²) in [6, 6.07) is 1.86. The monoisotopic (exact) mass is 281 g/mol. The zero-order valence-electron chi connectivity index (χ0n) is 11.5. The Bertz CT molecular complexity index is 466. The molecule has 1 unspecified atom stereocenters. The number of halogens is 1. The fourth-order valence-electron chi connectivity index (χ4n) is 3.05. The molecule has 1 N–H and O–H groups in total. The summed E-state index contributed by atoms with van der Waals surface area (Å²) < 4.78 is 18.6. The van der Waals surface area contributed by atoms with Gasteiger partial charge in [0.2, 0.25) is 0 Å². The van der Waals surface area contributed by atoms with E-state index in [-0.39, 0.29) is 6.61 Å². The van der Waals surface area contributed by atoms with Crippen LogP contribution in [0.5, 0.6) is 0 Å². The van der Waals surface area contributed by atoms with E-state index in [4.69, 9.17) is 4.74 Å². The summed E-state index contributed by atoms with van der Waals surface area (Å²) in [5, 5.41) is 9.36. The summed E-state index contributed by atoms with van der Waals surface area (Å²) in [4.78, 5) is 8.75. The van der Waals surface area contributed by atoms with Crippen LogP contribution < -0.4 is 4.90 Å². The van der Waals surface area contributed by atoms with Crippen molar-refractivity contribution in [3.63, 3.8) is 0 Å². The predicted molar refractivity (Wildman–Crippen MR) is 73.1 cm³/mol. The smallest absolute Gasteiger partial charge is 0.142 e. The van der Waals surface area contributed by atoms with E-state index in [0.29, 0.717) is 17.4 Å². The third kappa shape index (κ3) is 2.77. The summed E-state index contributed by atoms with van der Waals surface area (Å²) >= 11 is 0. The van der Waals surface area contributed by atoms with Crippen LogP contribution >= 0.6 is 0 Å². The predicted octanol–water partition coefficient (Wildman–Crippen LogP) is 0.624. The molecule has 20 heavy (non-hydrogen) atoms. The number of nitrogens with zero attached hydrogens (tertiary/aromatic N) is 3. The SMILES string of the molecule is OCc1cc(F)cnc1N1CCC(N2CCOCC2)C1. The van der Waals surface area contributed by atoms with Crippen LogP contribution in [-0.4, -0.2) is 60.4 Å². The van der Waals surface area contributed by atoms with Gasteiger partial charge in [0.05, 0.1) is 26.0 Å². The molecule has 0 saturated carbocycles. The fraction of sp³-hybridized carbons (Fsp3) is 0.643. The van der Waals surface area contributed by atoms with Crippen LogP contribution in [-0.2, 0) is 11.3 Å². The molecule has 6 heteroatoms. The standard InChI is InChI=1S/C14H20FN3O2/c15-12-7-11(10-19)14(16-8-12)18-2-1-13(9-18)17-3-5-20-6-4-17/h7-8,13,19H,1-6,9-10H2. The first kappa shape index (κ1) is 13.7. The Labute approximate surface area is 118 Å². The van der Waals surface area contributed by atoms with E-state index >= 15 is 0 Å². The van der Waals surface area contributed by atoms with Crippen molar-refractivity contribution in [3.05, 3.63) is 23.6 Å². The summed E-state index contributed by atoms with van der Waals surface area (Å²) in [6.45, 7) is 5.14. The molecule has 110 valence electrons. The van der Waals surface area contributed by atoms with Crippen molar-refractivity contribution in [2.75, 3.05) is 44.3 Å². The minimum Gasteiger partial charge on any atom is -0.392 e. The van der Waals surface area contributed by atoms with Gasteiger partial charge in [0, 0.05) is 37.8 Å². The summed E-state index contributed by atoms with van der Waals surface area (Å²) in [7, 11) is 0. The normalized spacial score (nSPS) is 24.3. The molecule has 1 aromatic rings. The number of pyridine rings is 1. The van der Waals surface area contributed by atoms with Crippen LogP contribution in [0.15, 0.2) is 12.3 Å². The number of aliphatic hydroxyl groups excluding tert-OH is 1. The highest BCUT2D eigenvalue weighted by atomic mass is 19.1. The van der Waals surface area contributed by atoms with Crippen LogP contribution in [0.3, 0.4) is 0 Å². The van der Waals surface area contributed by atoms with Crippen LogP contribution in [0, 0.1) is 5.82 Å². The highest BCUT2D eigenvalue weighted by Gasteiger charge is 2.30. The molecule has 2 saturated heterocycles. The zero-order chi connectivity index (χ0) is 13.9. The molecular formula is C14H20FN3O2. The quantitative estimate of drug-likeness (QED) is 0.880. The van der Waals surface area contributed by atoms with E-state index in [1.807, 2.05) is 0 Å². The van der Waals surface area contributed by atoms with E-state index in [1.165, 1.54) is 12.3 Å². The highest BCUT2D eigenvalue weighted by molar-refractivity contribution is 5.47. The average Bonchev–Trinajstić information content (AvgIpc) is 2.97. The minimum atomic E-state index is -0.401. The largest absolute Gasteiger partial charge is 0.392 e. The van der Waals surface area contributed by atoms with Gasteiger partial charge in [0.15, 0.2) is 0 Å². The van der Waals surface area contributed by atoms with Crippen LogP contribution in [0.4, 0.5) is 10.2 Å². The number of hydrogen-bond donors (Lipinski definition) is 1. The van der Waals surface area contributed by atoms with E-state index < -0.39 is 5.82 Å². The molecule has 3 heterocycles. The molecule has 0 aromatic carbocycles. The summed E-state index contributed by atoms with van der Waals surface area (Å²) in [5.74, 6) is 0.311. The van der Waals surface area contributed by atoms with Gasteiger partial charge in [-0.3, -0.25) is 4.90 Å². The van der Waals surface area contributed by atoms with Crippen molar-refractivity contribution in [3.8, 4) is 0 Å². The number of ether oxygens (including phenoxy) is 1. The molecule has 1 aromatic heterocycles. The Morgan fingerprint density at radius 2 is 2.15 bits per heavy atom. The first-order valence-corrected chi connectivity index (χ1v) is 7.10. The Kier molecular flexibility index (Phi) is 4.14. The number of aromatic nitrogens is 1. The first-order chi connectivity index (χ1) is 9.78. The van der Waals surface area contributed by atoms with Gasteiger partial charge in [-0.15, -0.1) is 0 Å². The van der Waals surface area contributed by atoms with Crippen molar-refractivity contribution in [1.29, 1.82) is 0 Å². The summed E-state index contributed by atoms with van der Waals surface area (Å²) in [5.41, 5.74) is 0.563. The highest BCUT2D eigenvalue weighted by Crippen LogP contribution is 2.25. The molecule has 0 amide bonds. The fourth-order valence-corrected chi connectivity index (χ4v) is 3.05. The maximum Gasteiger partial charge on any atom is 0.142 e. The lowest BCUT2D eigenvalue weighted by Crippen LogP contribution is -2.44. The van der Waals surface area contributed by atoms with E-state index in [0.717, 1.165) is 45.8 Å². The molecule has 5 nitrogen and oxygen atoms in total. The van der Waals surface area contributed by atoms with E-state index in [1.54, 1.807) is 0 Å². The number of anilines is 1. The Morgan fingerprint density at radius 3 is 2.90 bits per heavy atom. The molecule has 3 rings (SSSR count). The maximum absolute atomic E-state index is 13.2. The van der Waals surface area contributed by atoms with Crippen molar-refractivity contribution in [2.24, 2.45) is 0 Å². The second-order valence-corrected chi connectivity index (χ2v) is 5.33. The second kappa shape index (κ2) is 6.03.